The highest BCUT2D eigenvalue weighted by atomic mass is 16.2. The molecular formula is C22H27N3O2. The molecule has 0 bridgehead atoms. The van der Waals surface area contributed by atoms with Gasteiger partial charge in [0.25, 0.3) is 11.8 Å². The van der Waals surface area contributed by atoms with Crippen molar-refractivity contribution >= 4 is 17.5 Å². The fraction of sp³-hybridized carbons (Fsp3) is 0.409. The molecule has 1 aliphatic heterocycles. The average Bonchev–Trinajstić information content (AvgIpc) is 2.97. The minimum atomic E-state index is -0.298. The van der Waals surface area contributed by atoms with Crippen molar-refractivity contribution in [2.45, 2.75) is 45.4 Å². The van der Waals surface area contributed by atoms with Crippen LogP contribution >= 0.6 is 0 Å². The van der Waals surface area contributed by atoms with Crippen LogP contribution in [0, 0.1) is 0 Å². The topological polar surface area (TPSA) is 62.3 Å². The molecule has 1 fully saturated rings. The van der Waals surface area contributed by atoms with Crippen LogP contribution < -0.4 is 5.32 Å². The second-order valence-corrected chi connectivity index (χ2v) is 7.31. The third kappa shape index (κ3) is 4.73. The fourth-order valence-electron chi connectivity index (χ4n) is 3.42. The summed E-state index contributed by atoms with van der Waals surface area (Å²) in [6.07, 6.45) is 4.37. The predicted molar refractivity (Wildman–Crippen MR) is 107 cm³/mol. The van der Waals surface area contributed by atoms with Crippen molar-refractivity contribution in [3.63, 3.8) is 0 Å². The lowest BCUT2D eigenvalue weighted by molar-refractivity contribution is 0.0755. The number of hydrogen-bond donors (Lipinski definition) is 1. The lowest BCUT2D eigenvalue weighted by Crippen LogP contribution is -2.32. The molecule has 27 heavy (non-hydrogen) atoms. The monoisotopic (exact) mass is 365 g/mol. The van der Waals surface area contributed by atoms with Crippen LogP contribution in [0.2, 0.25) is 0 Å². The van der Waals surface area contributed by atoms with Crippen molar-refractivity contribution in [2.75, 3.05) is 18.4 Å². The minimum absolute atomic E-state index is 0.0888. The van der Waals surface area contributed by atoms with E-state index < -0.39 is 0 Å². The van der Waals surface area contributed by atoms with Crippen LogP contribution in [0.4, 0.5) is 5.69 Å². The second kappa shape index (κ2) is 8.80. The molecule has 1 N–H and O–H groups in total. The van der Waals surface area contributed by atoms with Crippen molar-refractivity contribution < 1.29 is 9.59 Å². The van der Waals surface area contributed by atoms with Crippen LogP contribution in [0.15, 0.2) is 42.5 Å². The highest BCUT2D eigenvalue weighted by Gasteiger charge is 2.20. The summed E-state index contributed by atoms with van der Waals surface area (Å²) in [6.45, 7) is 5.70. The Morgan fingerprint density at radius 2 is 1.59 bits per heavy atom. The zero-order valence-corrected chi connectivity index (χ0v) is 16.1. The third-order valence-electron chi connectivity index (χ3n) is 4.93. The lowest BCUT2D eigenvalue weighted by Gasteiger charge is -2.20. The first kappa shape index (κ1) is 19.1. The van der Waals surface area contributed by atoms with Crippen LogP contribution in [0.3, 0.4) is 0 Å². The van der Waals surface area contributed by atoms with Gasteiger partial charge in [-0.3, -0.25) is 9.59 Å². The van der Waals surface area contributed by atoms with Crippen LogP contribution in [-0.4, -0.2) is 34.8 Å². The third-order valence-corrected chi connectivity index (χ3v) is 4.93. The zero-order valence-electron chi connectivity index (χ0n) is 16.1. The zero-order chi connectivity index (χ0) is 19.2. The fourth-order valence-corrected chi connectivity index (χ4v) is 3.42. The van der Waals surface area contributed by atoms with E-state index in [0.29, 0.717) is 11.6 Å². The Labute approximate surface area is 160 Å². The maximum absolute atomic E-state index is 12.8. The van der Waals surface area contributed by atoms with Crippen molar-refractivity contribution in [2.24, 2.45) is 0 Å². The van der Waals surface area contributed by atoms with E-state index in [4.69, 9.17) is 0 Å². The molecular weight excluding hydrogens is 338 g/mol. The number of benzene rings is 1. The van der Waals surface area contributed by atoms with Crippen LogP contribution in [0.1, 0.15) is 72.0 Å². The number of likely N-dealkylation sites (tertiary alicyclic amines) is 1. The van der Waals surface area contributed by atoms with Crippen LogP contribution in [0.5, 0.6) is 0 Å². The van der Waals surface area contributed by atoms with E-state index in [9.17, 15) is 9.59 Å². The van der Waals surface area contributed by atoms with Crippen molar-refractivity contribution in [3.8, 4) is 0 Å². The van der Waals surface area contributed by atoms with Gasteiger partial charge in [0.05, 0.1) is 0 Å². The van der Waals surface area contributed by atoms with E-state index in [1.807, 2.05) is 29.2 Å². The second-order valence-electron chi connectivity index (χ2n) is 7.31. The number of anilines is 1. The van der Waals surface area contributed by atoms with Crippen molar-refractivity contribution in [1.29, 1.82) is 0 Å². The molecule has 5 heteroatoms. The highest BCUT2D eigenvalue weighted by molar-refractivity contribution is 6.04. The Morgan fingerprint density at radius 3 is 2.30 bits per heavy atom. The van der Waals surface area contributed by atoms with Gasteiger partial charge in [0.2, 0.25) is 0 Å². The summed E-state index contributed by atoms with van der Waals surface area (Å²) in [5, 5.41) is 2.94. The first-order valence-electron chi connectivity index (χ1n) is 9.73. The summed E-state index contributed by atoms with van der Waals surface area (Å²) in [4.78, 5) is 31.7. The Balaban J connectivity index is 1.77. The average molecular weight is 365 g/mol. The number of nitrogens with one attached hydrogen (secondary N) is 1. The molecule has 2 amide bonds. The van der Waals surface area contributed by atoms with E-state index >= 15 is 0 Å². The van der Waals surface area contributed by atoms with E-state index in [1.54, 1.807) is 18.2 Å². The molecule has 1 aromatic heterocycles. The molecule has 0 spiro atoms. The van der Waals surface area contributed by atoms with Gasteiger partial charge in [-0.05, 0) is 42.5 Å². The molecule has 1 aromatic carbocycles. The molecule has 0 aliphatic carbocycles. The first-order valence-corrected chi connectivity index (χ1v) is 9.73. The minimum Gasteiger partial charge on any atom is -0.337 e. The molecule has 1 saturated heterocycles. The molecule has 142 valence electrons. The van der Waals surface area contributed by atoms with Crippen molar-refractivity contribution in [3.05, 3.63) is 59.4 Å². The number of amides is 2. The number of carbonyl (C=O) groups excluding carboxylic acids is 2. The van der Waals surface area contributed by atoms with Gasteiger partial charge in [0.1, 0.15) is 11.4 Å². The molecule has 0 atom stereocenters. The Kier molecular flexibility index (Phi) is 6.22. The number of hydrogen-bond acceptors (Lipinski definition) is 3. The summed E-state index contributed by atoms with van der Waals surface area (Å²) in [5.74, 6) is -0.0897. The molecule has 3 rings (SSSR count). The summed E-state index contributed by atoms with van der Waals surface area (Å²) in [5.41, 5.74) is 2.45. The molecule has 0 unspecified atom stereocenters. The van der Waals surface area contributed by atoms with Gasteiger partial charge in [-0.2, -0.15) is 0 Å². The normalized spacial score (nSPS) is 14.7. The molecule has 2 aromatic rings. The maximum Gasteiger partial charge on any atom is 0.274 e. The molecule has 0 radical (unpaired) electrons. The van der Waals surface area contributed by atoms with Gasteiger partial charge < -0.3 is 10.2 Å². The Bertz CT molecular complexity index is 809. The van der Waals surface area contributed by atoms with E-state index in [1.165, 1.54) is 0 Å². The number of aromatic nitrogens is 1. The number of nitrogens with zero attached hydrogens (tertiary/aromatic N) is 2. The number of pyridine rings is 1. The van der Waals surface area contributed by atoms with E-state index in [2.05, 4.69) is 24.1 Å². The van der Waals surface area contributed by atoms with Gasteiger partial charge in [-0.15, -0.1) is 0 Å². The molecule has 1 aliphatic rings. The smallest absolute Gasteiger partial charge is 0.274 e. The van der Waals surface area contributed by atoms with Gasteiger partial charge in [0, 0.05) is 18.8 Å². The molecule has 2 heterocycles. The van der Waals surface area contributed by atoms with E-state index in [0.717, 1.165) is 50.0 Å². The summed E-state index contributed by atoms with van der Waals surface area (Å²) < 4.78 is 0. The highest BCUT2D eigenvalue weighted by Crippen LogP contribution is 2.24. The van der Waals surface area contributed by atoms with Gasteiger partial charge >= 0.3 is 0 Å². The van der Waals surface area contributed by atoms with E-state index in [-0.39, 0.29) is 17.5 Å². The standard InChI is InChI=1S/C22H27N3O2/c1-16(2)17-10-5-6-11-18(17)24-21(26)19-12-9-13-20(23-19)22(27)25-14-7-3-4-8-15-25/h5-6,9-13,16H,3-4,7-8,14-15H2,1-2H3,(H,24,26). The summed E-state index contributed by atoms with van der Waals surface area (Å²) >= 11 is 0. The largest absolute Gasteiger partial charge is 0.337 e. The first-order chi connectivity index (χ1) is 13.1. The SMILES string of the molecule is CC(C)c1ccccc1NC(=O)c1cccc(C(=O)N2CCCCCC2)n1. The van der Waals surface area contributed by atoms with Crippen molar-refractivity contribution in [1.82, 2.24) is 9.88 Å². The van der Waals surface area contributed by atoms with Gasteiger partial charge in [-0.1, -0.05) is 51.0 Å². The number of para-hydroxylation sites is 1. The van der Waals surface area contributed by atoms with Gasteiger partial charge in [-0.25, -0.2) is 4.98 Å². The van der Waals surface area contributed by atoms with Crippen LogP contribution in [0.25, 0.3) is 0 Å². The van der Waals surface area contributed by atoms with Crippen LogP contribution in [-0.2, 0) is 0 Å². The lowest BCUT2D eigenvalue weighted by atomic mass is 10.0. The number of carbonyl (C=O) groups is 2. The predicted octanol–water partition coefficient (Wildman–Crippen LogP) is 4.47. The molecule has 5 nitrogen and oxygen atoms in total. The Morgan fingerprint density at radius 1 is 0.926 bits per heavy atom. The van der Waals surface area contributed by atoms with Gasteiger partial charge in [0.15, 0.2) is 0 Å². The molecule has 0 saturated carbocycles. The quantitative estimate of drug-likeness (QED) is 0.869. The summed E-state index contributed by atoms with van der Waals surface area (Å²) in [6, 6.07) is 12.8. The Hall–Kier alpha value is -2.69. The maximum atomic E-state index is 12.8. The summed E-state index contributed by atoms with van der Waals surface area (Å²) in [7, 11) is 0. The number of rotatable bonds is 4.